The van der Waals surface area contributed by atoms with Gasteiger partial charge in [-0.3, -0.25) is 9.36 Å². The van der Waals surface area contributed by atoms with Crippen molar-refractivity contribution in [2.45, 2.75) is 51.7 Å². The van der Waals surface area contributed by atoms with Crippen molar-refractivity contribution in [2.75, 3.05) is 0 Å². The molecule has 0 unspecified atom stereocenters. The SMILES string of the molecule is CC(=O)n1ncc2c(C)c(OC3CCC(n4c(O)ccc4O)CC3)ccc21. The first-order valence-electron chi connectivity index (χ1n) is 9.20. The number of rotatable bonds is 3. The Morgan fingerprint density at radius 1 is 1.11 bits per heavy atom. The first-order chi connectivity index (χ1) is 13.0. The van der Waals surface area contributed by atoms with Gasteiger partial charge in [-0.05, 0) is 44.7 Å². The average Bonchev–Trinajstić information content (AvgIpc) is 3.22. The van der Waals surface area contributed by atoms with Crippen molar-refractivity contribution in [3.8, 4) is 17.5 Å². The van der Waals surface area contributed by atoms with Crippen LogP contribution in [0.5, 0.6) is 17.5 Å². The number of fused-ring (bicyclic) bond motifs is 1. The molecule has 3 aromatic rings. The van der Waals surface area contributed by atoms with Crippen LogP contribution in [0.1, 0.15) is 49.0 Å². The van der Waals surface area contributed by atoms with Crippen LogP contribution in [0.3, 0.4) is 0 Å². The Kier molecular flexibility index (Phi) is 4.30. The fraction of sp³-hybridized carbons (Fsp3) is 0.400. The summed E-state index contributed by atoms with van der Waals surface area (Å²) in [5, 5.41) is 24.9. The molecule has 142 valence electrons. The van der Waals surface area contributed by atoms with E-state index in [4.69, 9.17) is 4.74 Å². The molecule has 1 aromatic carbocycles. The number of hydrogen-bond donors (Lipinski definition) is 2. The predicted molar refractivity (Wildman–Crippen MR) is 100 cm³/mol. The van der Waals surface area contributed by atoms with Crippen LogP contribution < -0.4 is 4.74 Å². The van der Waals surface area contributed by atoms with Gasteiger partial charge in [0.1, 0.15) is 5.75 Å². The summed E-state index contributed by atoms with van der Waals surface area (Å²) in [7, 11) is 0. The molecule has 27 heavy (non-hydrogen) atoms. The summed E-state index contributed by atoms with van der Waals surface area (Å²) in [6, 6.07) is 6.87. The zero-order valence-electron chi connectivity index (χ0n) is 15.4. The number of benzene rings is 1. The number of ether oxygens (including phenoxy) is 1. The van der Waals surface area contributed by atoms with Gasteiger partial charge in [-0.1, -0.05) is 0 Å². The molecule has 1 fully saturated rings. The minimum atomic E-state index is -0.118. The lowest BCUT2D eigenvalue weighted by atomic mass is 9.92. The van der Waals surface area contributed by atoms with E-state index in [0.717, 1.165) is 47.9 Å². The summed E-state index contributed by atoms with van der Waals surface area (Å²) in [4.78, 5) is 11.6. The van der Waals surface area contributed by atoms with E-state index in [0.29, 0.717) is 0 Å². The molecular formula is C20H23N3O4. The largest absolute Gasteiger partial charge is 0.494 e. The molecule has 1 aliphatic carbocycles. The van der Waals surface area contributed by atoms with Gasteiger partial charge in [-0.25, -0.2) is 4.68 Å². The lowest BCUT2D eigenvalue weighted by molar-refractivity contribution is 0.0926. The smallest absolute Gasteiger partial charge is 0.244 e. The quantitative estimate of drug-likeness (QED) is 0.733. The van der Waals surface area contributed by atoms with Gasteiger partial charge in [0.15, 0.2) is 11.8 Å². The van der Waals surface area contributed by atoms with E-state index in [1.807, 2.05) is 19.1 Å². The second-order valence-corrected chi connectivity index (χ2v) is 7.17. The third kappa shape index (κ3) is 3.03. The van der Waals surface area contributed by atoms with Crippen molar-refractivity contribution < 1.29 is 19.7 Å². The lowest BCUT2D eigenvalue weighted by Gasteiger charge is -2.30. The van der Waals surface area contributed by atoms with Gasteiger partial charge in [0.2, 0.25) is 5.91 Å². The fourth-order valence-electron chi connectivity index (χ4n) is 4.00. The Balaban J connectivity index is 1.48. The van der Waals surface area contributed by atoms with Crippen molar-refractivity contribution in [1.82, 2.24) is 14.3 Å². The van der Waals surface area contributed by atoms with Gasteiger partial charge in [-0.2, -0.15) is 5.10 Å². The highest BCUT2D eigenvalue weighted by molar-refractivity contribution is 5.92. The summed E-state index contributed by atoms with van der Waals surface area (Å²) in [6.45, 7) is 3.47. The average molecular weight is 369 g/mol. The molecule has 0 bridgehead atoms. The predicted octanol–water partition coefficient (Wildman–Crippen LogP) is 3.78. The fourth-order valence-corrected chi connectivity index (χ4v) is 4.00. The maximum Gasteiger partial charge on any atom is 0.244 e. The van der Waals surface area contributed by atoms with Gasteiger partial charge >= 0.3 is 0 Å². The standard InChI is InChI=1S/C20H23N3O4/c1-12-16-11-21-23(13(2)24)17(16)7-8-18(12)27-15-5-3-14(4-6-15)22-19(25)9-10-20(22)26/h7-11,14-15,25-26H,3-6H2,1-2H3. The molecule has 0 aliphatic heterocycles. The molecule has 2 heterocycles. The lowest BCUT2D eigenvalue weighted by Crippen LogP contribution is -2.25. The molecule has 0 amide bonds. The number of carbonyl (C=O) groups excluding carboxylic acids is 1. The van der Waals surface area contributed by atoms with Crippen LogP contribution in [0.2, 0.25) is 0 Å². The highest BCUT2D eigenvalue weighted by atomic mass is 16.5. The van der Waals surface area contributed by atoms with Crippen LogP contribution in [0.4, 0.5) is 0 Å². The molecule has 0 atom stereocenters. The molecule has 0 saturated heterocycles. The molecule has 2 N–H and O–H groups in total. The zero-order chi connectivity index (χ0) is 19.1. The summed E-state index contributed by atoms with van der Waals surface area (Å²) >= 11 is 0. The zero-order valence-corrected chi connectivity index (χ0v) is 15.4. The van der Waals surface area contributed by atoms with E-state index in [1.54, 1.807) is 10.8 Å². The molecule has 4 rings (SSSR count). The van der Waals surface area contributed by atoms with Crippen molar-refractivity contribution in [3.05, 3.63) is 36.0 Å². The normalized spacial score (nSPS) is 20.1. The van der Waals surface area contributed by atoms with Crippen molar-refractivity contribution in [2.24, 2.45) is 0 Å². The summed E-state index contributed by atoms with van der Waals surface area (Å²) in [6.07, 6.45) is 5.11. The maximum absolute atomic E-state index is 11.6. The second kappa shape index (κ2) is 6.64. The summed E-state index contributed by atoms with van der Waals surface area (Å²) in [5.41, 5.74) is 1.76. The molecule has 2 aromatic heterocycles. The van der Waals surface area contributed by atoms with E-state index in [-0.39, 0.29) is 29.8 Å². The van der Waals surface area contributed by atoms with Crippen LogP contribution in [0, 0.1) is 6.92 Å². The van der Waals surface area contributed by atoms with E-state index in [9.17, 15) is 15.0 Å². The van der Waals surface area contributed by atoms with Crippen molar-refractivity contribution in [1.29, 1.82) is 0 Å². The van der Waals surface area contributed by atoms with Gasteiger partial charge in [0.05, 0.1) is 17.8 Å². The Hall–Kier alpha value is -2.96. The van der Waals surface area contributed by atoms with E-state index >= 15 is 0 Å². The summed E-state index contributed by atoms with van der Waals surface area (Å²) < 4.78 is 9.22. The third-order valence-corrected chi connectivity index (χ3v) is 5.45. The van der Waals surface area contributed by atoms with Crippen molar-refractivity contribution in [3.63, 3.8) is 0 Å². The van der Waals surface area contributed by atoms with Crippen LogP contribution in [0.25, 0.3) is 10.9 Å². The van der Waals surface area contributed by atoms with Crippen LogP contribution in [0.15, 0.2) is 30.5 Å². The van der Waals surface area contributed by atoms with Gasteiger partial charge in [0.25, 0.3) is 0 Å². The molecule has 0 radical (unpaired) electrons. The Morgan fingerprint density at radius 3 is 2.41 bits per heavy atom. The van der Waals surface area contributed by atoms with Gasteiger partial charge in [0, 0.05) is 36.0 Å². The van der Waals surface area contributed by atoms with Gasteiger partial charge < -0.3 is 14.9 Å². The van der Waals surface area contributed by atoms with E-state index < -0.39 is 0 Å². The number of carbonyl (C=O) groups is 1. The first-order valence-corrected chi connectivity index (χ1v) is 9.20. The molecule has 1 saturated carbocycles. The van der Waals surface area contributed by atoms with E-state index in [2.05, 4.69) is 5.10 Å². The Bertz CT molecular complexity index is 977. The van der Waals surface area contributed by atoms with Crippen molar-refractivity contribution >= 4 is 16.8 Å². The highest BCUT2D eigenvalue weighted by Gasteiger charge is 2.27. The highest BCUT2D eigenvalue weighted by Crippen LogP contribution is 2.38. The number of aromatic nitrogens is 3. The van der Waals surface area contributed by atoms with Crippen LogP contribution >= 0.6 is 0 Å². The maximum atomic E-state index is 11.6. The Morgan fingerprint density at radius 2 is 1.78 bits per heavy atom. The third-order valence-electron chi connectivity index (χ3n) is 5.45. The van der Waals surface area contributed by atoms with E-state index in [1.165, 1.54) is 23.7 Å². The molecule has 0 spiro atoms. The Labute approximate surface area is 156 Å². The molecule has 7 nitrogen and oxygen atoms in total. The number of aromatic hydroxyl groups is 2. The van der Waals surface area contributed by atoms with Gasteiger partial charge in [-0.15, -0.1) is 0 Å². The molecular weight excluding hydrogens is 346 g/mol. The monoisotopic (exact) mass is 369 g/mol. The summed E-state index contributed by atoms with van der Waals surface area (Å²) in [5.74, 6) is 0.884. The molecule has 1 aliphatic rings. The topological polar surface area (TPSA) is 89.5 Å². The second-order valence-electron chi connectivity index (χ2n) is 7.17. The first kappa shape index (κ1) is 17.5. The minimum Gasteiger partial charge on any atom is -0.494 e. The number of nitrogens with zero attached hydrogens (tertiary/aromatic N) is 3. The number of aryl methyl sites for hydroxylation is 1. The van der Waals surface area contributed by atoms with Crippen LogP contribution in [-0.4, -0.2) is 36.6 Å². The molecule has 7 heteroatoms. The van der Waals surface area contributed by atoms with Crippen LogP contribution in [-0.2, 0) is 0 Å². The minimum absolute atomic E-state index is 0.0808. The number of hydrogen-bond acceptors (Lipinski definition) is 5.